The summed E-state index contributed by atoms with van der Waals surface area (Å²) in [5.74, 6) is -0.679. The van der Waals surface area contributed by atoms with Crippen LogP contribution in [0.5, 0.6) is 0 Å². The minimum absolute atomic E-state index is 0.104. The lowest BCUT2D eigenvalue weighted by Crippen LogP contribution is -2.30. The maximum absolute atomic E-state index is 13.0. The fourth-order valence-corrected chi connectivity index (χ4v) is 11.8. The second kappa shape index (κ2) is 60.3. The van der Waals surface area contributed by atoms with Crippen LogP contribution in [0.25, 0.3) is 0 Å². The van der Waals surface area contributed by atoms with Gasteiger partial charge in [0.15, 0.2) is 12.2 Å². The van der Waals surface area contributed by atoms with Gasteiger partial charge in [0.25, 0.3) is 0 Å². The van der Waals surface area contributed by atoms with Gasteiger partial charge in [-0.25, -0.2) is 9.13 Å². The second-order valence-corrected chi connectivity index (χ2v) is 28.2. The Balaban J connectivity index is 5.25. The van der Waals surface area contributed by atoms with Gasteiger partial charge in [0.1, 0.15) is 19.3 Å². The Bertz CT molecular complexity index is 1700. The fourth-order valence-electron chi connectivity index (χ4n) is 10.2. The molecule has 3 N–H and O–H groups in total. The number of hydrogen-bond acceptors (Lipinski definition) is 15. The summed E-state index contributed by atoms with van der Waals surface area (Å²) in [6, 6.07) is 0. The van der Waals surface area contributed by atoms with Crippen molar-refractivity contribution in [3.05, 3.63) is 0 Å². The quantitative estimate of drug-likeness (QED) is 0.0222. The van der Waals surface area contributed by atoms with Gasteiger partial charge >= 0.3 is 39.5 Å². The third-order valence-corrected chi connectivity index (χ3v) is 18.0. The maximum atomic E-state index is 13.0. The highest BCUT2D eigenvalue weighted by Gasteiger charge is 2.30. The van der Waals surface area contributed by atoms with Crippen LogP contribution < -0.4 is 0 Å². The molecule has 0 bridgehead atoms. The van der Waals surface area contributed by atoms with Gasteiger partial charge in [0, 0.05) is 25.7 Å². The summed E-state index contributed by atoms with van der Waals surface area (Å²) < 4.78 is 68.2. The number of carbonyl (C=O) groups is 4. The molecule has 3 unspecified atom stereocenters. The molecule has 0 amide bonds. The standard InChI is InChI=1S/C68H132O17P2/c1-7-10-12-14-16-18-20-22-24-26-31-38-44-50-65(70)78-56-63(84-67(72)52-46-40-32-27-25-23-21-19-17-15-13-11-8-2)58-82-86(74,75)80-54-62(69)55-81-87(76,77)83-59-64(57-79-66(71)51-45-39-35-34-36-42-48-60(4)5)85-68(73)53-47-41-33-29-28-30-37-43-49-61(6)9-3/h60-64,69H,7-59H2,1-6H3,(H,74,75)(H,76,77)/t61?,62-,63-,64-/m1/s1. The molecule has 19 heteroatoms. The van der Waals surface area contributed by atoms with Crippen LogP contribution in [0, 0.1) is 11.8 Å². The Morgan fingerprint density at radius 3 is 0.874 bits per heavy atom. The number of aliphatic hydroxyl groups excluding tert-OH is 1. The summed E-state index contributed by atoms with van der Waals surface area (Å²) in [4.78, 5) is 72.4. The molecular formula is C68H132O17P2. The average Bonchev–Trinajstić information content (AvgIpc) is 3.68. The number of aliphatic hydroxyl groups is 1. The van der Waals surface area contributed by atoms with Crippen molar-refractivity contribution >= 4 is 39.5 Å². The smallest absolute Gasteiger partial charge is 0.462 e. The predicted molar refractivity (Wildman–Crippen MR) is 349 cm³/mol. The van der Waals surface area contributed by atoms with E-state index in [1.54, 1.807) is 0 Å². The SMILES string of the molecule is CCCCCCCCCCCCCCCC(=O)OC[C@H](COP(=O)(O)OC[C@@H](O)COP(=O)(O)OC[C@@H](COC(=O)CCCCCCCCC(C)C)OC(=O)CCCCCCCCCCC(C)CC)OC(=O)CCCCCCCCCCCCCCC. The Kier molecular flexibility index (Phi) is 59.0. The van der Waals surface area contributed by atoms with E-state index >= 15 is 0 Å². The summed E-state index contributed by atoms with van der Waals surface area (Å²) in [6.07, 6.45) is 44.4. The highest BCUT2D eigenvalue weighted by Crippen LogP contribution is 2.45. The number of ether oxygens (including phenoxy) is 4. The van der Waals surface area contributed by atoms with Crippen LogP contribution in [0.3, 0.4) is 0 Å². The third-order valence-electron chi connectivity index (χ3n) is 16.1. The van der Waals surface area contributed by atoms with E-state index in [1.807, 2.05) is 0 Å². The molecule has 0 rings (SSSR count). The van der Waals surface area contributed by atoms with Crippen LogP contribution in [0.15, 0.2) is 0 Å². The normalized spacial score (nSPS) is 14.5. The van der Waals surface area contributed by atoms with Gasteiger partial charge in [-0.2, -0.15) is 0 Å². The molecule has 0 aromatic heterocycles. The minimum Gasteiger partial charge on any atom is -0.462 e. The maximum Gasteiger partial charge on any atom is 0.472 e. The molecule has 0 aliphatic heterocycles. The summed E-state index contributed by atoms with van der Waals surface area (Å²) >= 11 is 0. The first-order chi connectivity index (χ1) is 41.9. The molecule has 0 radical (unpaired) electrons. The molecule has 0 aliphatic carbocycles. The van der Waals surface area contributed by atoms with Gasteiger partial charge < -0.3 is 33.8 Å². The second-order valence-electron chi connectivity index (χ2n) is 25.3. The fraction of sp³-hybridized carbons (Fsp3) is 0.941. The van der Waals surface area contributed by atoms with Crippen LogP contribution in [-0.4, -0.2) is 96.7 Å². The minimum atomic E-state index is -4.95. The summed E-state index contributed by atoms with van der Waals surface area (Å²) in [7, 11) is -9.90. The number of esters is 4. The van der Waals surface area contributed by atoms with Crippen LogP contribution in [0.2, 0.25) is 0 Å². The first-order valence-electron chi connectivity index (χ1n) is 35.5. The monoisotopic (exact) mass is 1280 g/mol. The largest absolute Gasteiger partial charge is 0.472 e. The third kappa shape index (κ3) is 61.3. The number of unbranched alkanes of at least 4 members (excludes halogenated alkanes) is 36. The Hall–Kier alpha value is -1.94. The molecule has 0 aromatic carbocycles. The van der Waals surface area contributed by atoms with Crippen molar-refractivity contribution in [1.29, 1.82) is 0 Å². The van der Waals surface area contributed by atoms with Gasteiger partial charge in [-0.05, 0) is 37.5 Å². The van der Waals surface area contributed by atoms with Crippen molar-refractivity contribution in [2.45, 2.75) is 362 Å². The molecule has 17 nitrogen and oxygen atoms in total. The molecule has 6 atom stereocenters. The lowest BCUT2D eigenvalue weighted by molar-refractivity contribution is -0.161. The van der Waals surface area contributed by atoms with Crippen molar-refractivity contribution in [3.8, 4) is 0 Å². The molecule has 0 aliphatic rings. The van der Waals surface area contributed by atoms with Gasteiger partial charge in [-0.1, -0.05) is 292 Å². The summed E-state index contributed by atoms with van der Waals surface area (Å²) in [5.41, 5.74) is 0. The summed E-state index contributed by atoms with van der Waals surface area (Å²) in [6.45, 7) is 9.45. The average molecular weight is 1280 g/mol. The van der Waals surface area contributed by atoms with Gasteiger partial charge in [-0.3, -0.25) is 37.3 Å². The Morgan fingerprint density at radius 1 is 0.333 bits per heavy atom. The first kappa shape index (κ1) is 85.1. The zero-order chi connectivity index (χ0) is 64.3. The zero-order valence-electron chi connectivity index (χ0n) is 56.3. The highest BCUT2D eigenvalue weighted by molar-refractivity contribution is 7.47. The number of phosphoric acid groups is 2. The Labute approximate surface area is 530 Å². The van der Waals surface area contributed by atoms with E-state index in [-0.39, 0.29) is 25.7 Å². The topological polar surface area (TPSA) is 237 Å². The van der Waals surface area contributed by atoms with Crippen molar-refractivity contribution < 1.29 is 80.2 Å². The van der Waals surface area contributed by atoms with Crippen molar-refractivity contribution in [2.75, 3.05) is 39.6 Å². The van der Waals surface area contributed by atoms with E-state index in [2.05, 4.69) is 41.5 Å². The van der Waals surface area contributed by atoms with Crippen LogP contribution in [-0.2, 0) is 65.4 Å². The van der Waals surface area contributed by atoms with E-state index in [9.17, 15) is 43.2 Å². The molecule has 0 fully saturated rings. The van der Waals surface area contributed by atoms with Crippen LogP contribution in [0.1, 0.15) is 343 Å². The van der Waals surface area contributed by atoms with E-state index in [0.29, 0.717) is 31.6 Å². The van der Waals surface area contributed by atoms with Gasteiger partial charge in [-0.15, -0.1) is 0 Å². The highest BCUT2D eigenvalue weighted by atomic mass is 31.2. The number of phosphoric ester groups is 2. The van der Waals surface area contributed by atoms with Crippen molar-refractivity contribution in [2.24, 2.45) is 11.8 Å². The molecule has 0 heterocycles. The van der Waals surface area contributed by atoms with Gasteiger partial charge in [0.2, 0.25) is 0 Å². The van der Waals surface area contributed by atoms with Gasteiger partial charge in [0.05, 0.1) is 26.4 Å². The number of carbonyl (C=O) groups excluding carboxylic acids is 4. The van der Waals surface area contributed by atoms with Crippen molar-refractivity contribution in [1.82, 2.24) is 0 Å². The Morgan fingerprint density at radius 2 is 0.586 bits per heavy atom. The van der Waals surface area contributed by atoms with E-state index in [0.717, 1.165) is 102 Å². The van der Waals surface area contributed by atoms with E-state index < -0.39 is 97.5 Å². The molecule has 0 spiro atoms. The lowest BCUT2D eigenvalue weighted by Gasteiger charge is -2.21. The number of rotatable bonds is 67. The summed E-state index contributed by atoms with van der Waals surface area (Å²) in [5, 5.41) is 10.6. The molecule has 516 valence electrons. The van der Waals surface area contributed by atoms with Crippen LogP contribution >= 0.6 is 15.6 Å². The molecule has 0 saturated carbocycles. The lowest BCUT2D eigenvalue weighted by atomic mass is 9.99. The molecule has 0 aromatic rings. The van der Waals surface area contributed by atoms with Crippen LogP contribution in [0.4, 0.5) is 0 Å². The molecule has 0 saturated heterocycles. The zero-order valence-corrected chi connectivity index (χ0v) is 58.1. The van der Waals surface area contributed by atoms with E-state index in [1.165, 1.54) is 154 Å². The first-order valence-corrected chi connectivity index (χ1v) is 38.5. The molecular weight excluding hydrogens is 1150 g/mol. The van der Waals surface area contributed by atoms with Crippen molar-refractivity contribution in [3.63, 3.8) is 0 Å². The number of hydrogen-bond donors (Lipinski definition) is 3. The molecule has 87 heavy (non-hydrogen) atoms. The predicted octanol–water partition coefficient (Wildman–Crippen LogP) is 19.2. The van der Waals surface area contributed by atoms with E-state index in [4.69, 9.17) is 37.0 Å².